The van der Waals surface area contributed by atoms with Gasteiger partial charge in [0.15, 0.2) is 0 Å². The van der Waals surface area contributed by atoms with E-state index in [0.717, 1.165) is 11.3 Å². The van der Waals surface area contributed by atoms with Gasteiger partial charge in [-0.05, 0) is 38.6 Å². The van der Waals surface area contributed by atoms with Gasteiger partial charge in [-0.1, -0.05) is 6.07 Å². The first-order valence-corrected chi connectivity index (χ1v) is 6.79. The molecule has 1 aromatic carbocycles. The second kappa shape index (κ2) is 7.87. The zero-order valence-electron chi connectivity index (χ0n) is 12.8. The lowest BCUT2D eigenvalue weighted by Crippen LogP contribution is -2.35. The zero-order valence-corrected chi connectivity index (χ0v) is 12.8. The quantitative estimate of drug-likeness (QED) is 0.748. The number of anilines is 2. The van der Waals surface area contributed by atoms with E-state index in [1.54, 1.807) is 7.11 Å². The average molecular weight is 279 g/mol. The highest BCUT2D eigenvalue weighted by molar-refractivity contribution is 5.92. The van der Waals surface area contributed by atoms with Gasteiger partial charge in [-0.2, -0.15) is 0 Å². The average Bonchev–Trinajstić information content (AvgIpc) is 2.41. The molecule has 0 saturated heterocycles. The Labute approximate surface area is 121 Å². The van der Waals surface area contributed by atoms with Crippen molar-refractivity contribution in [2.24, 2.45) is 0 Å². The predicted octanol–water partition coefficient (Wildman–Crippen LogP) is 1.87. The molecule has 0 bridgehead atoms. The van der Waals surface area contributed by atoms with Crippen LogP contribution in [0.4, 0.5) is 11.4 Å². The minimum absolute atomic E-state index is 0.00448. The smallest absolute Gasteiger partial charge is 0.225 e. The lowest BCUT2D eigenvalue weighted by Gasteiger charge is -2.23. The number of nitrogens with two attached hydrogens (primary N) is 1. The maximum Gasteiger partial charge on any atom is 0.225 e. The molecular weight excluding hydrogens is 254 g/mol. The summed E-state index contributed by atoms with van der Waals surface area (Å²) in [7, 11) is 3.67. The molecule has 0 aromatic heterocycles. The fraction of sp³-hybridized carbons (Fsp3) is 0.533. The minimum atomic E-state index is -0.00448. The van der Waals surface area contributed by atoms with Crippen LogP contribution in [-0.2, 0) is 9.53 Å². The second-order valence-electron chi connectivity index (χ2n) is 5.10. The van der Waals surface area contributed by atoms with Crippen LogP contribution in [0.1, 0.15) is 18.9 Å². The molecule has 1 atom stereocenters. The van der Waals surface area contributed by atoms with Gasteiger partial charge in [0.2, 0.25) is 5.91 Å². The number of hydrogen-bond donors (Lipinski definition) is 2. The number of nitrogen functional groups attached to an aromatic ring is 1. The lowest BCUT2D eigenvalue weighted by molar-refractivity contribution is -0.116. The Bertz CT molecular complexity index is 449. The summed E-state index contributed by atoms with van der Waals surface area (Å²) in [5.74, 6) is -0.00448. The monoisotopic (exact) mass is 279 g/mol. The van der Waals surface area contributed by atoms with Crippen LogP contribution >= 0.6 is 0 Å². The summed E-state index contributed by atoms with van der Waals surface area (Å²) in [6.45, 7) is 5.32. The molecule has 0 aliphatic heterocycles. The van der Waals surface area contributed by atoms with Gasteiger partial charge in [0, 0.05) is 37.5 Å². The molecule has 5 heteroatoms. The molecule has 0 saturated carbocycles. The first kappa shape index (κ1) is 16.5. The number of rotatable bonds is 7. The normalized spacial score (nSPS) is 12.4. The summed E-state index contributed by atoms with van der Waals surface area (Å²) in [6.07, 6.45) is 0.443. The molecule has 112 valence electrons. The largest absolute Gasteiger partial charge is 0.398 e. The summed E-state index contributed by atoms with van der Waals surface area (Å²) in [4.78, 5) is 14.1. The van der Waals surface area contributed by atoms with Gasteiger partial charge in [0.1, 0.15) is 0 Å². The van der Waals surface area contributed by atoms with Gasteiger partial charge < -0.3 is 20.7 Å². The Hall–Kier alpha value is -1.59. The number of carbonyl (C=O) groups is 1. The molecule has 3 N–H and O–H groups in total. The molecule has 20 heavy (non-hydrogen) atoms. The highest BCUT2D eigenvalue weighted by Crippen LogP contribution is 2.20. The Kier molecular flexibility index (Phi) is 6.48. The Balaban J connectivity index is 2.46. The van der Waals surface area contributed by atoms with E-state index >= 15 is 0 Å². The molecule has 0 aliphatic carbocycles. The summed E-state index contributed by atoms with van der Waals surface area (Å²) >= 11 is 0. The minimum Gasteiger partial charge on any atom is -0.398 e. The lowest BCUT2D eigenvalue weighted by atomic mass is 10.1. The zero-order chi connectivity index (χ0) is 15.1. The standard InChI is InChI=1S/C15H25N3O2/c1-11(10-20-4)18(3)9-8-15(19)17-14-7-5-6-13(16)12(14)2/h5-7,11H,8-10,16H2,1-4H3,(H,17,19). The summed E-state index contributed by atoms with van der Waals surface area (Å²) in [5, 5.41) is 2.90. The molecule has 0 aliphatic rings. The number of hydrogen-bond acceptors (Lipinski definition) is 4. The first-order valence-electron chi connectivity index (χ1n) is 6.79. The van der Waals surface area contributed by atoms with Gasteiger partial charge in [0.25, 0.3) is 0 Å². The van der Waals surface area contributed by atoms with Gasteiger partial charge in [0.05, 0.1) is 6.61 Å². The number of methoxy groups -OCH3 is 1. The highest BCUT2D eigenvalue weighted by Gasteiger charge is 2.11. The Morgan fingerprint density at radius 2 is 2.20 bits per heavy atom. The number of ether oxygens (including phenoxy) is 1. The molecule has 0 spiro atoms. The van der Waals surface area contributed by atoms with E-state index in [-0.39, 0.29) is 5.91 Å². The summed E-state index contributed by atoms with van der Waals surface area (Å²) in [6, 6.07) is 5.82. The van der Waals surface area contributed by atoms with Crippen molar-refractivity contribution in [3.8, 4) is 0 Å². The van der Waals surface area contributed by atoms with Gasteiger partial charge in [-0.15, -0.1) is 0 Å². The molecular formula is C15H25N3O2. The van der Waals surface area contributed by atoms with Crippen LogP contribution in [0.3, 0.4) is 0 Å². The molecule has 1 unspecified atom stereocenters. The van der Waals surface area contributed by atoms with Crippen molar-refractivity contribution in [2.75, 3.05) is 38.4 Å². The molecule has 1 rings (SSSR count). The number of benzene rings is 1. The molecule has 0 fully saturated rings. The third kappa shape index (κ3) is 4.83. The predicted molar refractivity (Wildman–Crippen MR) is 82.8 cm³/mol. The number of nitrogens with one attached hydrogen (secondary N) is 1. The molecule has 0 radical (unpaired) electrons. The van der Waals surface area contributed by atoms with Crippen molar-refractivity contribution in [3.63, 3.8) is 0 Å². The SMILES string of the molecule is COCC(C)N(C)CCC(=O)Nc1cccc(N)c1C. The summed E-state index contributed by atoms with van der Waals surface area (Å²) in [5.41, 5.74) is 8.19. The van der Waals surface area contributed by atoms with Crippen LogP contribution in [0, 0.1) is 6.92 Å². The molecule has 1 amide bonds. The van der Waals surface area contributed by atoms with Crippen molar-refractivity contribution < 1.29 is 9.53 Å². The highest BCUT2D eigenvalue weighted by atomic mass is 16.5. The van der Waals surface area contributed by atoms with Crippen molar-refractivity contribution in [1.82, 2.24) is 4.90 Å². The van der Waals surface area contributed by atoms with Gasteiger partial charge in [-0.3, -0.25) is 4.79 Å². The fourth-order valence-electron chi connectivity index (χ4n) is 1.87. The van der Waals surface area contributed by atoms with Gasteiger partial charge >= 0.3 is 0 Å². The third-order valence-corrected chi connectivity index (χ3v) is 3.50. The van der Waals surface area contributed by atoms with E-state index in [1.807, 2.05) is 32.2 Å². The number of likely N-dealkylation sites (N-methyl/N-ethyl adjacent to an activating group) is 1. The van der Waals surface area contributed by atoms with Crippen LogP contribution in [0.25, 0.3) is 0 Å². The van der Waals surface area contributed by atoms with E-state index < -0.39 is 0 Å². The maximum atomic E-state index is 12.0. The van der Waals surface area contributed by atoms with E-state index in [9.17, 15) is 4.79 Å². The number of nitrogens with zero attached hydrogens (tertiary/aromatic N) is 1. The van der Waals surface area contributed by atoms with Gasteiger partial charge in [-0.25, -0.2) is 0 Å². The molecule has 1 aromatic rings. The fourth-order valence-corrected chi connectivity index (χ4v) is 1.87. The van der Waals surface area contributed by atoms with Crippen molar-refractivity contribution in [2.45, 2.75) is 26.3 Å². The Morgan fingerprint density at radius 3 is 2.85 bits per heavy atom. The molecule has 0 heterocycles. The topological polar surface area (TPSA) is 67.6 Å². The van der Waals surface area contributed by atoms with Crippen LogP contribution < -0.4 is 11.1 Å². The number of amides is 1. The van der Waals surface area contributed by atoms with E-state index in [4.69, 9.17) is 10.5 Å². The van der Waals surface area contributed by atoms with Crippen molar-refractivity contribution in [3.05, 3.63) is 23.8 Å². The van der Waals surface area contributed by atoms with Crippen LogP contribution in [0.2, 0.25) is 0 Å². The van der Waals surface area contributed by atoms with Crippen molar-refractivity contribution >= 4 is 17.3 Å². The van der Waals surface area contributed by atoms with E-state index in [0.29, 0.717) is 31.3 Å². The van der Waals surface area contributed by atoms with E-state index in [2.05, 4.69) is 17.1 Å². The number of carbonyl (C=O) groups excluding carboxylic acids is 1. The molecule has 5 nitrogen and oxygen atoms in total. The summed E-state index contributed by atoms with van der Waals surface area (Å²) < 4.78 is 5.10. The van der Waals surface area contributed by atoms with Crippen molar-refractivity contribution in [1.29, 1.82) is 0 Å². The van der Waals surface area contributed by atoms with Crippen LogP contribution in [0.5, 0.6) is 0 Å². The maximum absolute atomic E-state index is 12.0. The third-order valence-electron chi connectivity index (χ3n) is 3.50. The van der Waals surface area contributed by atoms with Crippen LogP contribution in [0.15, 0.2) is 18.2 Å². The second-order valence-corrected chi connectivity index (χ2v) is 5.10. The first-order chi connectivity index (χ1) is 9.45. The van der Waals surface area contributed by atoms with E-state index in [1.165, 1.54) is 0 Å². The van der Waals surface area contributed by atoms with Crippen LogP contribution in [-0.4, -0.2) is 44.2 Å². The Morgan fingerprint density at radius 1 is 1.50 bits per heavy atom.